The summed E-state index contributed by atoms with van der Waals surface area (Å²) in [5.41, 5.74) is 14.4. The zero-order valence-corrected chi connectivity index (χ0v) is 15.5. The second-order valence-corrected chi connectivity index (χ2v) is 6.32. The predicted molar refractivity (Wildman–Crippen MR) is 108 cm³/mol. The van der Waals surface area contributed by atoms with E-state index in [1.807, 2.05) is 72.3 Å². The Labute approximate surface area is 159 Å². The highest BCUT2D eigenvalue weighted by molar-refractivity contribution is 5.99. The van der Waals surface area contributed by atoms with Crippen molar-refractivity contribution in [3.8, 4) is 5.69 Å². The van der Waals surface area contributed by atoms with Gasteiger partial charge in [0.1, 0.15) is 5.82 Å². The smallest absolute Gasteiger partial charge is 0.245 e. The monoisotopic (exact) mass is 363 g/mol. The molecule has 0 radical (unpaired) electrons. The molecule has 0 aliphatic carbocycles. The van der Waals surface area contributed by atoms with Crippen LogP contribution in [0.2, 0.25) is 0 Å². The number of nitrogens with zero attached hydrogens (tertiary/aromatic N) is 3. The first-order chi connectivity index (χ1) is 13.2. The molecule has 27 heavy (non-hydrogen) atoms. The zero-order valence-electron chi connectivity index (χ0n) is 15.5. The van der Waals surface area contributed by atoms with Gasteiger partial charge in [-0.2, -0.15) is 5.10 Å². The number of rotatable bonds is 3. The summed E-state index contributed by atoms with van der Waals surface area (Å²) in [6.07, 6.45) is 2.36. The lowest BCUT2D eigenvalue weighted by molar-refractivity contribution is -0.120. The van der Waals surface area contributed by atoms with E-state index in [0.29, 0.717) is 19.5 Å². The molecule has 1 amide bonds. The van der Waals surface area contributed by atoms with E-state index in [1.165, 1.54) is 5.56 Å². The zero-order chi connectivity index (χ0) is 19.2. The number of likely N-dealkylation sites (N-methyl/N-ethyl adjacent to an activating group) is 1. The van der Waals surface area contributed by atoms with Gasteiger partial charge in [0.25, 0.3) is 0 Å². The fourth-order valence-corrected chi connectivity index (χ4v) is 3.11. The summed E-state index contributed by atoms with van der Waals surface area (Å²) in [5.74, 6) is 0.813. The van der Waals surface area contributed by atoms with Crippen molar-refractivity contribution >= 4 is 11.7 Å². The van der Waals surface area contributed by atoms with Crippen molar-refractivity contribution in [2.24, 2.45) is 11.5 Å². The van der Waals surface area contributed by atoms with E-state index in [9.17, 15) is 4.79 Å². The minimum atomic E-state index is -0.458. The Morgan fingerprint density at radius 1 is 1.07 bits per heavy atom. The van der Waals surface area contributed by atoms with Crippen molar-refractivity contribution in [2.45, 2.75) is 25.9 Å². The number of anilines is 1. The van der Waals surface area contributed by atoms with Crippen molar-refractivity contribution in [3.05, 3.63) is 78.0 Å². The fraction of sp³-hybridized carbons (Fsp3) is 0.238. The van der Waals surface area contributed by atoms with E-state index in [-0.39, 0.29) is 5.91 Å². The third-order valence-electron chi connectivity index (χ3n) is 4.49. The largest absolute Gasteiger partial charge is 0.326 e. The summed E-state index contributed by atoms with van der Waals surface area (Å²) in [6, 6.07) is 19.3. The summed E-state index contributed by atoms with van der Waals surface area (Å²) in [7, 11) is 0. The van der Waals surface area contributed by atoms with Gasteiger partial charge < -0.3 is 11.5 Å². The van der Waals surface area contributed by atoms with Crippen LogP contribution in [0.5, 0.6) is 0 Å². The molecule has 1 aliphatic rings. The van der Waals surface area contributed by atoms with E-state index in [2.05, 4.69) is 5.10 Å². The average Bonchev–Trinajstić information content (AvgIpc) is 3.14. The lowest BCUT2D eigenvalue weighted by atomic mass is 10.0. The molecule has 0 bridgehead atoms. The number of nitrogens with two attached hydrogens (primary N) is 2. The number of para-hydroxylation sites is 1. The van der Waals surface area contributed by atoms with Crippen LogP contribution < -0.4 is 16.4 Å². The lowest BCUT2D eigenvalue weighted by Gasteiger charge is -2.30. The van der Waals surface area contributed by atoms with Crippen molar-refractivity contribution in [1.29, 1.82) is 0 Å². The van der Waals surface area contributed by atoms with Gasteiger partial charge in [-0.15, -0.1) is 0 Å². The van der Waals surface area contributed by atoms with E-state index in [4.69, 9.17) is 11.5 Å². The van der Waals surface area contributed by atoms with E-state index in [0.717, 1.165) is 17.1 Å². The summed E-state index contributed by atoms with van der Waals surface area (Å²) in [5, 5.41) is 4.40. The van der Waals surface area contributed by atoms with Crippen molar-refractivity contribution < 1.29 is 4.79 Å². The van der Waals surface area contributed by atoms with Crippen LogP contribution in [-0.2, 0) is 17.8 Å². The summed E-state index contributed by atoms with van der Waals surface area (Å²) in [6.45, 7) is 3.18. The van der Waals surface area contributed by atoms with Crippen LogP contribution in [0.25, 0.3) is 5.69 Å². The van der Waals surface area contributed by atoms with Gasteiger partial charge in [-0.1, -0.05) is 48.5 Å². The first-order valence-electron chi connectivity index (χ1n) is 9.09. The minimum Gasteiger partial charge on any atom is -0.326 e. The summed E-state index contributed by atoms with van der Waals surface area (Å²) in [4.78, 5) is 13.9. The molecule has 6 nitrogen and oxygen atoms in total. The Bertz CT molecular complexity index is 876. The first kappa shape index (κ1) is 18.8. The summed E-state index contributed by atoms with van der Waals surface area (Å²) >= 11 is 0. The highest BCUT2D eigenvalue weighted by atomic mass is 16.2. The summed E-state index contributed by atoms with van der Waals surface area (Å²) < 4.78 is 1.81. The van der Waals surface area contributed by atoms with Crippen LogP contribution in [-0.4, -0.2) is 28.3 Å². The molecule has 1 aromatic heterocycles. The molecule has 0 fully saturated rings. The second kappa shape index (κ2) is 8.62. The molecule has 6 heteroatoms. The molecular weight excluding hydrogens is 338 g/mol. The molecular formula is C21H25N5O. The van der Waals surface area contributed by atoms with Crippen LogP contribution in [0.15, 0.2) is 66.9 Å². The van der Waals surface area contributed by atoms with Gasteiger partial charge in [0.2, 0.25) is 5.91 Å². The molecule has 1 atom stereocenters. The first-order valence-corrected chi connectivity index (χ1v) is 9.09. The molecule has 1 unspecified atom stereocenters. The average molecular weight is 363 g/mol. The Balaban J connectivity index is 0.000000221. The van der Waals surface area contributed by atoms with Gasteiger partial charge in [0.15, 0.2) is 0 Å². The molecule has 2 aromatic carbocycles. The molecule has 3 aromatic rings. The predicted octanol–water partition coefficient (Wildman–Crippen LogP) is 2.25. The maximum absolute atomic E-state index is 12.2. The Morgan fingerprint density at radius 3 is 2.26 bits per heavy atom. The standard InChI is InChI=1S/C14H16N4O.C7H9N/c1-2-17-13-10(8-12(15)14(17)19)9-16-18(13)11-6-4-3-5-7-11;8-6-7-4-2-1-3-5-7/h3-7,9,12H,2,8,15H2,1H3;1-5H,6,8H2. The maximum Gasteiger partial charge on any atom is 0.245 e. The highest BCUT2D eigenvalue weighted by Gasteiger charge is 2.33. The molecule has 4 rings (SSSR count). The second-order valence-electron chi connectivity index (χ2n) is 6.32. The highest BCUT2D eigenvalue weighted by Crippen LogP contribution is 2.29. The SMILES string of the molecule is CCN1C(=O)C(N)Cc2cnn(-c3ccccc3)c21.NCc1ccccc1. The Hall–Kier alpha value is -2.96. The fourth-order valence-electron chi connectivity index (χ4n) is 3.11. The van der Waals surface area contributed by atoms with Crippen molar-refractivity contribution in [2.75, 3.05) is 11.4 Å². The number of carbonyl (C=O) groups excluding carboxylic acids is 1. The third kappa shape index (κ3) is 4.07. The van der Waals surface area contributed by atoms with Gasteiger partial charge in [0.05, 0.1) is 17.9 Å². The molecule has 140 valence electrons. The van der Waals surface area contributed by atoms with Gasteiger partial charge >= 0.3 is 0 Å². The molecule has 1 aliphatic heterocycles. The van der Waals surface area contributed by atoms with E-state index < -0.39 is 6.04 Å². The number of hydrogen-bond acceptors (Lipinski definition) is 4. The Morgan fingerprint density at radius 2 is 1.70 bits per heavy atom. The molecule has 0 saturated carbocycles. The molecule has 0 saturated heterocycles. The molecule has 4 N–H and O–H groups in total. The topological polar surface area (TPSA) is 90.2 Å². The van der Waals surface area contributed by atoms with Gasteiger partial charge in [-0.3, -0.25) is 9.69 Å². The van der Waals surface area contributed by atoms with E-state index in [1.54, 1.807) is 11.1 Å². The molecule has 2 heterocycles. The van der Waals surface area contributed by atoms with Crippen LogP contribution in [0, 0.1) is 0 Å². The third-order valence-corrected chi connectivity index (χ3v) is 4.49. The van der Waals surface area contributed by atoms with Gasteiger partial charge in [-0.05, 0) is 24.6 Å². The number of benzene rings is 2. The number of aromatic nitrogens is 2. The normalized spacial score (nSPS) is 15.7. The number of carbonyl (C=O) groups is 1. The van der Waals surface area contributed by atoms with Gasteiger partial charge in [0, 0.05) is 25.1 Å². The number of fused-ring (bicyclic) bond motifs is 1. The maximum atomic E-state index is 12.2. The van der Waals surface area contributed by atoms with Gasteiger partial charge in [-0.25, -0.2) is 4.68 Å². The van der Waals surface area contributed by atoms with Crippen LogP contribution in [0.3, 0.4) is 0 Å². The van der Waals surface area contributed by atoms with Crippen molar-refractivity contribution in [1.82, 2.24) is 9.78 Å². The van der Waals surface area contributed by atoms with Crippen LogP contribution in [0.1, 0.15) is 18.1 Å². The van der Waals surface area contributed by atoms with Crippen LogP contribution in [0.4, 0.5) is 5.82 Å². The quantitative estimate of drug-likeness (QED) is 0.747. The van der Waals surface area contributed by atoms with Crippen molar-refractivity contribution in [3.63, 3.8) is 0 Å². The number of amides is 1. The van der Waals surface area contributed by atoms with E-state index >= 15 is 0 Å². The number of hydrogen-bond donors (Lipinski definition) is 2. The van der Waals surface area contributed by atoms with Crippen LogP contribution >= 0.6 is 0 Å². The Kier molecular flexibility index (Phi) is 6.01. The molecule has 0 spiro atoms. The lowest BCUT2D eigenvalue weighted by Crippen LogP contribution is -2.49. The minimum absolute atomic E-state index is 0.0346.